The van der Waals surface area contributed by atoms with Gasteiger partial charge in [-0.1, -0.05) is 41.9 Å². The van der Waals surface area contributed by atoms with Crippen LogP contribution in [0.3, 0.4) is 0 Å². The van der Waals surface area contributed by atoms with E-state index in [-0.39, 0.29) is 10.7 Å². The number of hydrogen-bond donors (Lipinski definition) is 2. The van der Waals surface area contributed by atoms with E-state index >= 15 is 0 Å². The Kier molecular flexibility index (Phi) is 6.77. The number of hydrazone groups is 1. The summed E-state index contributed by atoms with van der Waals surface area (Å²) in [6.45, 7) is 0. The number of nitrogens with one attached hydrogen (secondary N) is 2. The highest BCUT2D eigenvalue weighted by Gasteiger charge is 2.31. The number of hydrogen-bond acceptors (Lipinski definition) is 3. The van der Waals surface area contributed by atoms with Gasteiger partial charge in [0.15, 0.2) is 0 Å². The third-order valence-corrected chi connectivity index (χ3v) is 5.23. The minimum absolute atomic E-state index is 0.116. The van der Waals surface area contributed by atoms with E-state index in [0.29, 0.717) is 24.8 Å². The number of halogens is 4. The van der Waals surface area contributed by atoms with Gasteiger partial charge in [0.1, 0.15) is 0 Å². The normalized spacial score (nSPS) is 16.7. The Balaban J connectivity index is 1.55. The van der Waals surface area contributed by atoms with Crippen molar-refractivity contribution in [2.75, 3.05) is 5.32 Å². The van der Waals surface area contributed by atoms with Gasteiger partial charge in [-0.3, -0.25) is 9.59 Å². The summed E-state index contributed by atoms with van der Waals surface area (Å²) in [6, 6.07) is 12.6. The topological polar surface area (TPSA) is 70.6 Å². The molecule has 9 heteroatoms. The maximum atomic E-state index is 12.8. The summed E-state index contributed by atoms with van der Waals surface area (Å²) < 4.78 is 38.4. The van der Waals surface area contributed by atoms with Crippen molar-refractivity contribution in [2.45, 2.75) is 37.8 Å². The number of nitrogens with zero attached hydrogens (tertiary/aromatic N) is 1. The number of rotatable bonds is 3. The summed E-state index contributed by atoms with van der Waals surface area (Å²) in [4.78, 5) is 24.0. The number of benzene rings is 2. The lowest BCUT2D eigenvalue weighted by Gasteiger charge is -2.23. The number of amides is 2. The zero-order valence-corrected chi connectivity index (χ0v) is 16.6. The Morgan fingerprint density at radius 2 is 1.67 bits per heavy atom. The van der Waals surface area contributed by atoms with Crippen molar-refractivity contribution in [3.63, 3.8) is 0 Å². The maximum absolute atomic E-state index is 12.8. The smallest absolute Gasteiger partial charge is 0.316 e. The van der Waals surface area contributed by atoms with Gasteiger partial charge in [-0.05, 0) is 55.4 Å². The highest BCUT2D eigenvalue weighted by molar-refractivity contribution is 6.41. The fraction of sp³-hybridized carbons (Fsp3) is 0.286. The van der Waals surface area contributed by atoms with Crippen LogP contribution in [0.1, 0.15) is 42.7 Å². The predicted octanol–water partition coefficient (Wildman–Crippen LogP) is 5.13. The summed E-state index contributed by atoms with van der Waals surface area (Å²) in [5.74, 6) is -1.81. The van der Waals surface area contributed by atoms with Crippen LogP contribution in [0, 0.1) is 0 Å². The van der Waals surface area contributed by atoms with Gasteiger partial charge in [-0.2, -0.15) is 18.3 Å². The van der Waals surface area contributed by atoms with E-state index in [0.717, 1.165) is 30.7 Å². The molecule has 0 spiro atoms. The highest BCUT2D eigenvalue weighted by Crippen LogP contribution is 2.34. The Hall–Kier alpha value is -2.87. The molecular weight excluding hydrogens is 419 g/mol. The van der Waals surface area contributed by atoms with Crippen molar-refractivity contribution in [2.24, 2.45) is 5.10 Å². The molecule has 1 aliphatic rings. The van der Waals surface area contributed by atoms with Crippen molar-refractivity contribution in [1.82, 2.24) is 5.43 Å². The highest BCUT2D eigenvalue weighted by atomic mass is 35.5. The standard InChI is InChI=1S/C21H19ClF3N3O2/c22-17-11-8-15(21(23,24)25)12-18(17)26-19(29)20(30)28-27-16-9-6-14(7-10-16)13-4-2-1-3-5-13/h1-5,8,11-12,14H,6-7,9-10H2,(H,26,29)(H,28,30). The first-order valence-electron chi connectivity index (χ1n) is 9.32. The van der Waals surface area contributed by atoms with Crippen LogP contribution in [0.25, 0.3) is 0 Å². The van der Waals surface area contributed by atoms with E-state index < -0.39 is 23.6 Å². The van der Waals surface area contributed by atoms with Gasteiger partial charge < -0.3 is 5.32 Å². The fourth-order valence-corrected chi connectivity index (χ4v) is 3.44. The largest absolute Gasteiger partial charge is 0.416 e. The van der Waals surface area contributed by atoms with Crippen LogP contribution in [0.2, 0.25) is 5.02 Å². The van der Waals surface area contributed by atoms with E-state index in [1.54, 1.807) is 0 Å². The fourth-order valence-electron chi connectivity index (χ4n) is 3.28. The monoisotopic (exact) mass is 437 g/mol. The van der Waals surface area contributed by atoms with Gasteiger partial charge in [0.05, 0.1) is 16.3 Å². The molecule has 1 fully saturated rings. The quantitative estimate of drug-likeness (QED) is 0.516. The molecule has 2 N–H and O–H groups in total. The molecule has 30 heavy (non-hydrogen) atoms. The van der Waals surface area contributed by atoms with E-state index in [9.17, 15) is 22.8 Å². The average Bonchev–Trinajstić information content (AvgIpc) is 2.73. The molecule has 0 atom stereocenters. The van der Waals surface area contributed by atoms with Gasteiger partial charge in [0, 0.05) is 5.71 Å². The molecule has 5 nitrogen and oxygen atoms in total. The third-order valence-electron chi connectivity index (χ3n) is 4.90. The van der Waals surface area contributed by atoms with E-state index in [1.807, 2.05) is 18.2 Å². The lowest BCUT2D eigenvalue weighted by atomic mass is 9.83. The van der Waals surface area contributed by atoms with Gasteiger partial charge in [0.2, 0.25) is 0 Å². The summed E-state index contributed by atoms with van der Waals surface area (Å²) >= 11 is 5.82. The second-order valence-corrected chi connectivity index (χ2v) is 7.36. The van der Waals surface area contributed by atoms with Crippen LogP contribution >= 0.6 is 11.6 Å². The SMILES string of the molecule is O=C(NN=C1CCC(c2ccccc2)CC1)C(=O)Nc1cc(C(F)(F)F)ccc1Cl. The Labute approximate surface area is 176 Å². The summed E-state index contributed by atoms with van der Waals surface area (Å²) in [5.41, 5.74) is 2.90. The van der Waals surface area contributed by atoms with Crippen LogP contribution in [-0.4, -0.2) is 17.5 Å². The summed E-state index contributed by atoms with van der Waals surface area (Å²) in [7, 11) is 0. The first-order valence-corrected chi connectivity index (χ1v) is 9.70. The van der Waals surface area contributed by atoms with Gasteiger partial charge >= 0.3 is 18.0 Å². The minimum atomic E-state index is -4.60. The van der Waals surface area contributed by atoms with Gasteiger partial charge in [0.25, 0.3) is 0 Å². The molecule has 3 rings (SSSR count). The Morgan fingerprint density at radius 3 is 2.30 bits per heavy atom. The molecule has 0 unspecified atom stereocenters. The number of anilines is 1. The molecule has 0 heterocycles. The van der Waals surface area contributed by atoms with Crippen molar-refractivity contribution in [1.29, 1.82) is 0 Å². The first kappa shape index (κ1) is 21.8. The molecule has 2 aromatic rings. The number of alkyl halides is 3. The van der Waals surface area contributed by atoms with Crippen LogP contribution in [-0.2, 0) is 15.8 Å². The van der Waals surface area contributed by atoms with Crippen LogP contribution in [0.4, 0.5) is 18.9 Å². The zero-order valence-electron chi connectivity index (χ0n) is 15.8. The lowest BCUT2D eigenvalue weighted by Crippen LogP contribution is -2.33. The molecule has 158 valence electrons. The second-order valence-electron chi connectivity index (χ2n) is 6.95. The Morgan fingerprint density at radius 1 is 1.00 bits per heavy atom. The summed E-state index contributed by atoms with van der Waals surface area (Å²) in [5, 5.41) is 5.97. The van der Waals surface area contributed by atoms with Crippen molar-refractivity contribution < 1.29 is 22.8 Å². The number of carbonyl (C=O) groups excluding carboxylic acids is 2. The molecule has 1 saturated carbocycles. The molecule has 0 saturated heterocycles. The summed E-state index contributed by atoms with van der Waals surface area (Å²) in [6.07, 6.45) is -1.48. The molecule has 0 aromatic heterocycles. The predicted molar refractivity (Wildman–Crippen MR) is 108 cm³/mol. The van der Waals surface area contributed by atoms with Crippen molar-refractivity contribution in [3.8, 4) is 0 Å². The van der Waals surface area contributed by atoms with Crippen LogP contribution in [0.15, 0.2) is 53.6 Å². The second kappa shape index (κ2) is 9.30. The first-order chi connectivity index (χ1) is 14.2. The molecular formula is C21H19ClF3N3O2. The molecule has 2 aromatic carbocycles. The van der Waals surface area contributed by atoms with E-state index in [2.05, 4.69) is 28.0 Å². The van der Waals surface area contributed by atoms with Crippen LogP contribution < -0.4 is 10.7 Å². The van der Waals surface area contributed by atoms with Crippen molar-refractivity contribution >= 4 is 34.8 Å². The van der Waals surface area contributed by atoms with Gasteiger partial charge in [-0.15, -0.1) is 0 Å². The third kappa shape index (κ3) is 5.60. The maximum Gasteiger partial charge on any atom is 0.416 e. The Bertz CT molecular complexity index is 952. The molecule has 0 bridgehead atoms. The van der Waals surface area contributed by atoms with E-state index in [4.69, 9.17) is 11.6 Å². The molecule has 0 radical (unpaired) electrons. The zero-order chi connectivity index (χ0) is 21.7. The lowest BCUT2D eigenvalue weighted by molar-refractivity contribution is -0.137. The van der Waals surface area contributed by atoms with Gasteiger partial charge in [-0.25, -0.2) is 5.43 Å². The van der Waals surface area contributed by atoms with Crippen molar-refractivity contribution in [3.05, 3.63) is 64.7 Å². The van der Waals surface area contributed by atoms with E-state index in [1.165, 1.54) is 5.56 Å². The average molecular weight is 438 g/mol. The van der Waals surface area contributed by atoms with Crippen LogP contribution in [0.5, 0.6) is 0 Å². The molecule has 0 aliphatic heterocycles. The minimum Gasteiger partial charge on any atom is -0.316 e. The molecule has 2 amide bonds. The molecule has 1 aliphatic carbocycles. The number of carbonyl (C=O) groups is 2.